The van der Waals surface area contributed by atoms with Crippen molar-refractivity contribution in [1.82, 2.24) is 4.98 Å². The van der Waals surface area contributed by atoms with Gasteiger partial charge in [-0.15, -0.1) is 0 Å². The van der Waals surface area contributed by atoms with Crippen LogP contribution in [0.15, 0.2) is 12.3 Å². The predicted molar refractivity (Wildman–Crippen MR) is 52.3 cm³/mol. The molecule has 0 aliphatic rings. The lowest BCUT2D eigenvalue weighted by atomic mass is 10.1. The lowest BCUT2D eigenvalue weighted by Crippen LogP contribution is -1.94. The van der Waals surface area contributed by atoms with E-state index < -0.39 is 0 Å². The van der Waals surface area contributed by atoms with Crippen LogP contribution < -0.4 is 0 Å². The Morgan fingerprint density at radius 3 is 2.67 bits per heavy atom. The van der Waals surface area contributed by atoms with Crippen molar-refractivity contribution in [2.24, 2.45) is 0 Å². The molecule has 12 heavy (non-hydrogen) atoms. The zero-order chi connectivity index (χ0) is 8.97. The Kier molecular flexibility index (Phi) is 3.27. The molecule has 0 N–H and O–H groups in total. The second kappa shape index (κ2) is 4.24. The molecule has 1 aromatic heterocycles. The Morgan fingerprint density at radius 1 is 1.33 bits per heavy atom. The fourth-order valence-corrected chi connectivity index (χ4v) is 1.35. The van der Waals surface area contributed by atoms with Crippen molar-refractivity contribution in [2.75, 3.05) is 0 Å². The maximum atomic E-state index is 4.42. The third kappa shape index (κ3) is 2.33. The Morgan fingerprint density at radius 2 is 2.08 bits per heavy atom. The fourth-order valence-electron chi connectivity index (χ4n) is 1.35. The first-order valence-electron chi connectivity index (χ1n) is 4.66. The van der Waals surface area contributed by atoms with Gasteiger partial charge in [0.25, 0.3) is 0 Å². The highest BCUT2D eigenvalue weighted by Crippen LogP contribution is 2.09. The van der Waals surface area contributed by atoms with E-state index in [0.717, 1.165) is 6.42 Å². The van der Waals surface area contributed by atoms with E-state index in [2.05, 4.69) is 31.8 Å². The summed E-state index contributed by atoms with van der Waals surface area (Å²) in [6.07, 6.45) is 5.58. The first-order valence-corrected chi connectivity index (χ1v) is 4.66. The normalized spacial score (nSPS) is 10.2. The number of aromatic nitrogens is 1. The maximum absolute atomic E-state index is 4.42. The molecule has 0 atom stereocenters. The van der Waals surface area contributed by atoms with Crippen LogP contribution in [0.4, 0.5) is 0 Å². The molecule has 0 unspecified atom stereocenters. The molecule has 0 fully saturated rings. The van der Waals surface area contributed by atoms with Crippen LogP contribution in [0.3, 0.4) is 0 Å². The van der Waals surface area contributed by atoms with Crippen LogP contribution in [0, 0.1) is 13.8 Å². The third-order valence-electron chi connectivity index (χ3n) is 2.09. The number of nitrogens with zero attached hydrogens (tertiary/aromatic N) is 1. The molecule has 1 rings (SSSR count). The molecule has 0 amide bonds. The van der Waals surface area contributed by atoms with E-state index in [-0.39, 0.29) is 0 Å². The molecule has 0 aliphatic heterocycles. The minimum atomic E-state index is 1.13. The summed E-state index contributed by atoms with van der Waals surface area (Å²) in [6.45, 7) is 6.44. The zero-order valence-corrected chi connectivity index (χ0v) is 8.22. The lowest BCUT2D eigenvalue weighted by molar-refractivity contribution is 0.771. The molecule has 1 aromatic rings. The van der Waals surface area contributed by atoms with Crippen molar-refractivity contribution < 1.29 is 0 Å². The van der Waals surface area contributed by atoms with Gasteiger partial charge in [0.05, 0.1) is 0 Å². The first-order chi connectivity index (χ1) is 5.74. The number of hydrogen-bond donors (Lipinski definition) is 0. The van der Waals surface area contributed by atoms with Gasteiger partial charge in [-0.05, 0) is 37.8 Å². The van der Waals surface area contributed by atoms with Gasteiger partial charge < -0.3 is 0 Å². The van der Waals surface area contributed by atoms with Crippen LogP contribution in [-0.4, -0.2) is 4.98 Å². The predicted octanol–water partition coefficient (Wildman–Crippen LogP) is 3.04. The van der Waals surface area contributed by atoms with Crippen molar-refractivity contribution in [3.8, 4) is 0 Å². The average Bonchev–Trinajstić information content (AvgIpc) is 2.03. The van der Waals surface area contributed by atoms with Crippen LogP contribution >= 0.6 is 0 Å². The van der Waals surface area contributed by atoms with Gasteiger partial charge in [-0.3, -0.25) is 4.98 Å². The van der Waals surface area contributed by atoms with Crippen LogP contribution in [-0.2, 0) is 6.42 Å². The highest BCUT2D eigenvalue weighted by Gasteiger charge is 1.98. The Bertz CT molecular complexity index is 253. The number of aryl methyl sites for hydroxylation is 3. The molecule has 0 radical (unpaired) electrons. The van der Waals surface area contributed by atoms with Gasteiger partial charge in [0, 0.05) is 11.9 Å². The van der Waals surface area contributed by atoms with Gasteiger partial charge in [0.15, 0.2) is 0 Å². The summed E-state index contributed by atoms with van der Waals surface area (Å²) in [7, 11) is 0. The van der Waals surface area contributed by atoms with Crippen molar-refractivity contribution in [3.63, 3.8) is 0 Å². The summed E-state index contributed by atoms with van der Waals surface area (Å²) in [6, 6.07) is 2.21. The molecule has 1 heterocycles. The lowest BCUT2D eigenvalue weighted by Gasteiger charge is -2.03. The molecule has 0 bridgehead atoms. The van der Waals surface area contributed by atoms with Crippen LogP contribution in [0.5, 0.6) is 0 Å². The summed E-state index contributed by atoms with van der Waals surface area (Å²) in [5.41, 5.74) is 3.86. The fraction of sp³-hybridized carbons (Fsp3) is 0.545. The van der Waals surface area contributed by atoms with Gasteiger partial charge in [0.2, 0.25) is 0 Å². The van der Waals surface area contributed by atoms with E-state index in [1.807, 2.05) is 6.20 Å². The smallest absolute Gasteiger partial charge is 0.0432 e. The molecule has 0 aromatic carbocycles. The van der Waals surface area contributed by atoms with Gasteiger partial charge in [-0.25, -0.2) is 0 Å². The van der Waals surface area contributed by atoms with E-state index in [9.17, 15) is 0 Å². The molecule has 1 heteroatoms. The summed E-state index contributed by atoms with van der Waals surface area (Å²) in [5.74, 6) is 0. The quantitative estimate of drug-likeness (QED) is 0.667. The van der Waals surface area contributed by atoms with Gasteiger partial charge in [0.1, 0.15) is 0 Å². The highest BCUT2D eigenvalue weighted by atomic mass is 14.7. The van der Waals surface area contributed by atoms with Gasteiger partial charge in [-0.2, -0.15) is 0 Å². The van der Waals surface area contributed by atoms with Crippen molar-refractivity contribution in [3.05, 3.63) is 29.1 Å². The molecule has 0 saturated heterocycles. The van der Waals surface area contributed by atoms with E-state index in [0.29, 0.717) is 0 Å². The number of rotatable bonds is 3. The minimum absolute atomic E-state index is 1.13. The van der Waals surface area contributed by atoms with Gasteiger partial charge >= 0.3 is 0 Å². The van der Waals surface area contributed by atoms with E-state index >= 15 is 0 Å². The molecule has 1 nitrogen and oxygen atoms in total. The molecular weight excluding hydrogens is 146 g/mol. The van der Waals surface area contributed by atoms with Gasteiger partial charge in [-0.1, -0.05) is 19.4 Å². The minimum Gasteiger partial charge on any atom is -0.261 e. The number of pyridine rings is 1. The topological polar surface area (TPSA) is 12.9 Å². The summed E-state index contributed by atoms with van der Waals surface area (Å²) in [5, 5.41) is 0. The van der Waals surface area contributed by atoms with Crippen LogP contribution in [0.25, 0.3) is 0 Å². The van der Waals surface area contributed by atoms with E-state index in [4.69, 9.17) is 0 Å². The van der Waals surface area contributed by atoms with E-state index in [1.165, 1.54) is 29.7 Å². The third-order valence-corrected chi connectivity index (χ3v) is 2.09. The van der Waals surface area contributed by atoms with Crippen LogP contribution in [0.2, 0.25) is 0 Å². The van der Waals surface area contributed by atoms with Crippen molar-refractivity contribution >= 4 is 0 Å². The Hall–Kier alpha value is -0.850. The zero-order valence-electron chi connectivity index (χ0n) is 8.22. The molecular formula is C11H17N. The Labute approximate surface area is 74.8 Å². The highest BCUT2D eigenvalue weighted by molar-refractivity contribution is 5.23. The van der Waals surface area contributed by atoms with Crippen molar-refractivity contribution in [1.29, 1.82) is 0 Å². The maximum Gasteiger partial charge on any atom is 0.0432 e. The van der Waals surface area contributed by atoms with Crippen LogP contribution in [0.1, 0.15) is 36.6 Å². The summed E-state index contributed by atoms with van der Waals surface area (Å²) >= 11 is 0. The largest absolute Gasteiger partial charge is 0.261 e. The summed E-state index contributed by atoms with van der Waals surface area (Å²) < 4.78 is 0. The first kappa shape index (κ1) is 9.24. The number of hydrogen-bond acceptors (Lipinski definition) is 1. The van der Waals surface area contributed by atoms with E-state index in [1.54, 1.807) is 0 Å². The molecule has 66 valence electrons. The second-order valence-corrected chi connectivity index (χ2v) is 3.38. The SMILES string of the molecule is CCCCc1ncc(C)cc1C. The average molecular weight is 163 g/mol. The van der Waals surface area contributed by atoms with Crippen molar-refractivity contribution in [2.45, 2.75) is 40.0 Å². The molecule has 0 spiro atoms. The Balaban J connectivity index is 2.72. The molecule has 0 saturated carbocycles. The monoisotopic (exact) mass is 163 g/mol. The summed E-state index contributed by atoms with van der Waals surface area (Å²) in [4.78, 5) is 4.42. The standard InChI is InChI=1S/C11H17N/c1-4-5-6-11-10(3)7-9(2)8-12-11/h7-8H,4-6H2,1-3H3. The molecule has 0 aliphatic carbocycles. The number of unbranched alkanes of at least 4 members (excludes halogenated alkanes) is 1. The second-order valence-electron chi connectivity index (χ2n) is 3.38.